The second kappa shape index (κ2) is 8.19. The minimum atomic E-state index is -0.225. The molecular formula is C24H22N2O3. The lowest BCUT2D eigenvalue weighted by Crippen LogP contribution is -2.20. The van der Waals surface area contributed by atoms with Crippen LogP contribution in [-0.2, 0) is 11.2 Å². The number of hydrogen-bond acceptors (Lipinski definition) is 4. The van der Waals surface area contributed by atoms with E-state index in [1.165, 1.54) is 0 Å². The molecule has 1 amide bonds. The third-order valence-electron chi connectivity index (χ3n) is 4.48. The summed E-state index contributed by atoms with van der Waals surface area (Å²) in [5.41, 5.74) is 5.40. The zero-order valence-electron chi connectivity index (χ0n) is 16.4. The standard InChI is InChI=1S/C24H22N2O3/c1-16-10-17(2)12-20(11-16)28-15-23(27)25-19-8-9-22-21(14-19)26-24(29-22)13-18-6-4-3-5-7-18/h3-12,14H,13,15H2,1-2H3,(H,25,27). The summed E-state index contributed by atoms with van der Waals surface area (Å²) in [5.74, 6) is 1.11. The van der Waals surface area contributed by atoms with Crippen molar-refractivity contribution in [1.29, 1.82) is 0 Å². The van der Waals surface area contributed by atoms with Crippen molar-refractivity contribution in [3.8, 4) is 5.75 Å². The minimum absolute atomic E-state index is 0.0565. The number of anilines is 1. The molecule has 0 aliphatic carbocycles. The van der Waals surface area contributed by atoms with Crippen molar-refractivity contribution >= 4 is 22.7 Å². The van der Waals surface area contributed by atoms with Gasteiger partial charge in [-0.15, -0.1) is 0 Å². The van der Waals surface area contributed by atoms with Crippen LogP contribution in [0.3, 0.4) is 0 Å². The van der Waals surface area contributed by atoms with Gasteiger partial charge in [0, 0.05) is 12.1 Å². The zero-order valence-corrected chi connectivity index (χ0v) is 16.4. The van der Waals surface area contributed by atoms with Crippen LogP contribution in [0.4, 0.5) is 5.69 Å². The Morgan fingerprint density at radius 1 is 1.00 bits per heavy atom. The Morgan fingerprint density at radius 3 is 2.52 bits per heavy atom. The summed E-state index contributed by atoms with van der Waals surface area (Å²) >= 11 is 0. The van der Waals surface area contributed by atoms with Crippen molar-refractivity contribution in [2.24, 2.45) is 0 Å². The SMILES string of the molecule is Cc1cc(C)cc(OCC(=O)Nc2ccc3oc(Cc4ccccc4)nc3c2)c1. The van der Waals surface area contributed by atoms with E-state index in [2.05, 4.69) is 16.4 Å². The van der Waals surface area contributed by atoms with Crippen molar-refractivity contribution in [2.75, 3.05) is 11.9 Å². The maximum Gasteiger partial charge on any atom is 0.262 e. The van der Waals surface area contributed by atoms with Gasteiger partial charge >= 0.3 is 0 Å². The van der Waals surface area contributed by atoms with Gasteiger partial charge in [0.2, 0.25) is 0 Å². The first-order chi connectivity index (χ1) is 14.0. The number of rotatable bonds is 6. The molecular weight excluding hydrogens is 364 g/mol. The van der Waals surface area contributed by atoms with Crippen LogP contribution in [0, 0.1) is 13.8 Å². The minimum Gasteiger partial charge on any atom is -0.484 e. The van der Waals surface area contributed by atoms with Crippen molar-refractivity contribution < 1.29 is 13.9 Å². The molecule has 0 saturated heterocycles. The second-order valence-electron chi connectivity index (χ2n) is 7.11. The fourth-order valence-corrected chi connectivity index (χ4v) is 3.26. The van der Waals surface area contributed by atoms with Crippen molar-refractivity contribution in [2.45, 2.75) is 20.3 Å². The molecule has 0 aliphatic rings. The molecule has 29 heavy (non-hydrogen) atoms. The molecule has 0 spiro atoms. The lowest BCUT2D eigenvalue weighted by atomic mass is 10.1. The van der Waals surface area contributed by atoms with Crippen LogP contribution in [0.25, 0.3) is 11.1 Å². The number of benzene rings is 3. The van der Waals surface area contributed by atoms with Crippen molar-refractivity contribution in [3.05, 3.63) is 89.3 Å². The Bertz CT molecular complexity index is 1130. The molecule has 5 nitrogen and oxygen atoms in total. The molecule has 0 fully saturated rings. The number of amides is 1. The molecule has 5 heteroatoms. The number of aryl methyl sites for hydroxylation is 2. The fourth-order valence-electron chi connectivity index (χ4n) is 3.26. The van der Waals surface area contributed by atoms with Gasteiger partial charge in [-0.3, -0.25) is 4.79 Å². The molecule has 0 unspecified atom stereocenters. The van der Waals surface area contributed by atoms with Crippen LogP contribution >= 0.6 is 0 Å². The van der Waals surface area contributed by atoms with Gasteiger partial charge in [-0.1, -0.05) is 36.4 Å². The molecule has 1 N–H and O–H groups in total. The highest BCUT2D eigenvalue weighted by atomic mass is 16.5. The Labute approximate surface area is 169 Å². The van der Waals surface area contributed by atoms with Crippen LogP contribution in [0.15, 0.2) is 71.1 Å². The molecule has 0 bridgehead atoms. The van der Waals surface area contributed by atoms with Crippen LogP contribution in [0.2, 0.25) is 0 Å². The highest BCUT2D eigenvalue weighted by molar-refractivity contribution is 5.93. The molecule has 1 aromatic heterocycles. The molecule has 146 valence electrons. The number of fused-ring (bicyclic) bond motifs is 1. The van der Waals surface area contributed by atoms with Crippen LogP contribution < -0.4 is 10.1 Å². The van der Waals surface area contributed by atoms with E-state index < -0.39 is 0 Å². The van der Waals surface area contributed by atoms with E-state index in [9.17, 15) is 4.79 Å². The number of hydrogen-bond donors (Lipinski definition) is 1. The van der Waals surface area contributed by atoms with Gasteiger partial charge < -0.3 is 14.5 Å². The van der Waals surface area contributed by atoms with Gasteiger partial charge in [0.25, 0.3) is 5.91 Å². The summed E-state index contributed by atoms with van der Waals surface area (Å²) in [6.45, 7) is 3.94. The molecule has 4 rings (SSSR count). The Hall–Kier alpha value is -3.60. The fraction of sp³-hybridized carbons (Fsp3) is 0.167. The number of nitrogens with zero attached hydrogens (tertiary/aromatic N) is 1. The van der Waals surface area contributed by atoms with Gasteiger partial charge in [0.1, 0.15) is 11.3 Å². The highest BCUT2D eigenvalue weighted by Gasteiger charge is 2.10. The number of nitrogens with one attached hydrogen (secondary N) is 1. The Kier molecular flexibility index (Phi) is 5.29. The summed E-state index contributed by atoms with van der Waals surface area (Å²) in [6, 6.07) is 21.4. The third-order valence-corrected chi connectivity index (χ3v) is 4.48. The van der Waals surface area contributed by atoms with E-state index in [-0.39, 0.29) is 12.5 Å². The quantitative estimate of drug-likeness (QED) is 0.503. The van der Waals surface area contributed by atoms with Gasteiger partial charge in [-0.05, 0) is 60.9 Å². The molecule has 0 atom stereocenters. The number of carbonyl (C=O) groups excluding carboxylic acids is 1. The van der Waals surface area contributed by atoms with Gasteiger partial charge in [0.05, 0.1) is 0 Å². The van der Waals surface area contributed by atoms with Crippen LogP contribution in [0.1, 0.15) is 22.6 Å². The van der Waals surface area contributed by atoms with Gasteiger partial charge in [-0.25, -0.2) is 4.98 Å². The zero-order chi connectivity index (χ0) is 20.2. The first-order valence-corrected chi connectivity index (χ1v) is 9.49. The van der Waals surface area contributed by atoms with E-state index in [1.807, 2.05) is 68.4 Å². The average molecular weight is 386 g/mol. The number of oxazole rings is 1. The van der Waals surface area contributed by atoms with E-state index >= 15 is 0 Å². The van der Waals surface area contributed by atoms with Crippen LogP contribution in [-0.4, -0.2) is 17.5 Å². The van der Waals surface area contributed by atoms with Crippen molar-refractivity contribution in [3.63, 3.8) is 0 Å². The van der Waals surface area contributed by atoms with Crippen LogP contribution in [0.5, 0.6) is 5.75 Å². The summed E-state index contributed by atoms with van der Waals surface area (Å²) < 4.78 is 11.4. The molecule has 1 heterocycles. The predicted molar refractivity (Wildman–Crippen MR) is 113 cm³/mol. The van der Waals surface area contributed by atoms with E-state index in [0.29, 0.717) is 34.8 Å². The van der Waals surface area contributed by atoms with Crippen molar-refractivity contribution in [1.82, 2.24) is 4.98 Å². The first kappa shape index (κ1) is 18.7. The molecule has 4 aromatic rings. The number of carbonyl (C=O) groups is 1. The topological polar surface area (TPSA) is 64.4 Å². The summed E-state index contributed by atoms with van der Waals surface area (Å²) in [6.07, 6.45) is 0.626. The Balaban J connectivity index is 1.40. The Morgan fingerprint density at radius 2 is 1.76 bits per heavy atom. The van der Waals surface area contributed by atoms with E-state index in [4.69, 9.17) is 9.15 Å². The molecule has 0 radical (unpaired) electrons. The summed E-state index contributed by atoms with van der Waals surface area (Å²) in [5, 5.41) is 2.85. The highest BCUT2D eigenvalue weighted by Crippen LogP contribution is 2.22. The number of ether oxygens (including phenoxy) is 1. The molecule has 0 saturated carbocycles. The summed E-state index contributed by atoms with van der Waals surface area (Å²) in [4.78, 5) is 16.8. The smallest absolute Gasteiger partial charge is 0.262 e. The molecule has 3 aromatic carbocycles. The predicted octanol–water partition coefficient (Wildman–Crippen LogP) is 5.05. The largest absolute Gasteiger partial charge is 0.484 e. The van der Waals surface area contributed by atoms with Gasteiger partial charge in [0.15, 0.2) is 18.1 Å². The third kappa shape index (κ3) is 4.82. The normalized spacial score (nSPS) is 10.8. The monoisotopic (exact) mass is 386 g/mol. The lowest BCUT2D eigenvalue weighted by molar-refractivity contribution is -0.118. The first-order valence-electron chi connectivity index (χ1n) is 9.49. The maximum absolute atomic E-state index is 12.3. The van der Waals surface area contributed by atoms with Gasteiger partial charge in [-0.2, -0.15) is 0 Å². The summed E-state index contributed by atoms with van der Waals surface area (Å²) in [7, 11) is 0. The van der Waals surface area contributed by atoms with E-state index in [1.54, 1.807) is 6.07 Å². The maximum atomic E-state index is 12.3. The molecule has 0 aliphatic heterocycles. The lowest BCUT2D eigenvalue weighted by Gasteiger charge is -2.09. The average Bonchev–Trinajstić information content (AvgIpc) is 3.08. The van der Waals surface area contributed by atoms with E-state index in [0.717, 1.165) is 16.7 Å². The number of aromatic nitrogens is 1. The second-order valence-corrected chi connectivity index (χ2v) is 7.11.